The summed E-state index contributed by atoms with van der Waals surface area (Å²) in [6, 6.07) is 0.157. The Morgan fingerprint density at radius 2 is 2.21 bits per heavy atom. The Morgan fingerprint density at radius 3 is 2.71 bits per heavy atom. The lowest BCUT2D eigenvalue weighted by Gasteiger charge is -2.19. The fourth-order valence-corrected chi connectivity index (χ4v) is 1.10. The highest BCUT2D eigenvalue weighted by atomic mass is 16.1. The summed E-state index contributed by atoms with van der Waals surface area (Å²) in [5.74, 6) is -0.0505. The second kappa shape index (κ2) is 4.13. The maximum absolute atomic E-state index is 11.6. The van der Waals surface area contributed by atoms with Crippen molar-refractivity contribution in [2.75, 3.05) is 7.05 Å². The normalized spacial score (nSPS) is 15.9. The van der Waals surface area contributed by atoms with Crippen molar-refractivity contribution in [1.29, 1.82) is 0 Å². The van der Waals surface area contributed by atoms with E-state index in [1.807, 2.05) is 32.0 Å². The zero-order chi connectivity index (χ0) is 10.7. The average molecular weight is 192 g/mol. The molecule has 3 heteroatoms. The number of hydrogen-bond donors (Lipinski definition) is 1. The monoisotopic (exact) mass is 192 g/mol. The Bertz CT molecular complexity index is 313. The largest absolute Gasteiger partial charge is 0.351 e. The van der Waals surface area contributed by atoms with Crippen LogP contribution in [0.25, 0.3) is 0 Å². The molecule has 1 aliphatic rings. The summed E-state index contributed by atoms with van der Waals surface area (Å²) in [4.78, 5) is 13.4. The molecule has 0 aromatic rings. The van der Waals surface area contributed by atoms with E-state index >= 15 is 0 Å². The van der Waals surface area contributed by atoms with Gasteiger partial charge in [0.15, 0.2) is 0 Å². The van der Waals surface area contributed by atoms with E-state index in [0.29, 0.717) is 5.57 Å². The number of nitrogens with one attached hydrogen (secondary N) is 1. The Balaban J connectivity index is 2.71. The second-order valence-corrected chi connectivity index (χ2v) is 3.65. The lowest BCUT2D eigenvalue weighted by atomic mass is 10.1. The van der Waals surface area contributed by atoms with Crippen molar-refractivity contribution in [2.45, 2.75) is 19.9 Å². The Kier molecular flexibility index (Phi) is 3.12. The molecule has 1 aliphatic heterocycles. The van der Waals surface area contributed by atoms with E-state index in [2.05, 4.69) is 11.9 Å². The molecule has 0 aliphatic carbocycles. The third-order valence-electron chi connectivity index (χ3n) is 1.93. The summed E-state index contributed by atoms with van der Waals surface area (Å²) in [7, 11) is 1.90. The number of carbonyl (C=O) groups excluding carboxylic acids is 1. The van der Waals surface area contributed by atoms with Crippen LogP contribution in [-0.4, -0.2) is 23.9 Å². The van der Waals surface area contributed by atoms with Gasteiger partial charge in [-0.3, -0.25) is 4.79 Å². The van der Waals surface area contributed by atoms with Gasteiger partial charge in [0.05, 0.1) is 0 Å². The van der Waals surface area contributed by atoms with Crippen LogP contribution >= 0.6 is 0 Å². The lowest BCUT2D eigenvalue weighted by Crippen LogP contribution is -2.31. The number of amides is 1. The van der Waals surface area contributed by atoms with Crippen LogP contribution in [0, 0.1) is 0 Å². The SMILES string of the molecule is C=C1C=C(C(=O)NC(C)C)C=CN1C. The molecule has 0 saturated carbocycles. The molecule has 76 valence electrons. The van der Waals surface area contributed by atoms with E-state index in [-0.39, 0.29) is 11.9 Å². The van der Waals surface area contributed by atoms with Crippen LogP contribution in [0.5, 0.6) is 0 Å². The smallest absolute Gasteiger partial charge is 0.251 e. The Morgan fingerprint density at radius 1 is 1.57 bits per heavy atom. The minimum Gasteiger partial charge on any atom is -0.351 e. The van der Waals surface area contributed by atoms with Crippen molar-refractivity contribution in [1.82, 2.24) is 10.2 Å². The van der Waals surface area contributed by atoms with E-state index in [4.69, 9.17) is 0 Å². The van der Waals surface area contributed by atoms with Gasteiger partial charge < -0.3 is 10.2 Å². The molecule has 0 aromatic carbocycles. The van der Waals surface area contributed by atoms with Crippen LogP contribution in [0.3, 0.4) is 0 Å². The molecular weight excluding hydrogens is 176 g/mol. The molecule has 0 saturated heterocycles. The molecule has 1 N–H and O–H groups in total. The highest BCUT2D eigenvalue weighted by Gasteiger charge is 2.12. The topological polar surface area (TPSA) is 32.3 Å². The molecule has 1 amide bonds. The fraction of sp³-hybridized carbons (Fsp3) is 0.364. The number of allylic oxidation sites excluding steroid dienone is 1. The van der Waals surface area contributed by atoms with Crippen molar-refractivity contribution in [3.63, 3.8) is 0 Å². The number of likely N-dealkylation sites (N-methyl/N-ethyl adjacent to an activating group) is 1. The van der Waals surface area contributed by atoms with Gasteiger partial charge in [0.25, 0.3) is 5.91 Å². The predicted molar refractivity (Wildman–Crippen MR) is 57.4 cm³/mol. The first kappa shape index (κ1) is 10.6. The zero-order valence-corrected chi connectivity index (χ0v) is 8.87. The zero-order valence-electron chi connectivity index (χ0n) is 8.87. The van der Waals surface area contributed by atoms with Gasteiger partial charge in [-0.15, -0.1) is 0 Å². The minimum atomic E-state index is -0.0505. The lowest BCUT2D eigenvalue weighted by molar-refractivity contribution is -0.117. The van der Waals surface area contributed by atoms with Gasteiger partial charge in [0, 0.05) is 30.6 Å². The minimum absolute atomic E-state index is 0.0505. The van der Waals surface area contributed by atoms with Gasteiger partial charge >= 0.3 is 0 Å². The quantitative estimate of drug-likeness (QED) is 0.717. The van der Waals surface area contributed by atoms with Crippen molar-refractivity contribution >= 4 is 5.91 Å². The summed E-state index contributed by atoms with van der Waals surface area (Å²) >= 11 is 0. The van der Waals surface area contributed by atoms with Gasteiger partial charge in [-0.05, 0) is 26.0 Å². The van der Waals surface area contributed by atoms with E-state index in [1.54, 1.807) is 12.2 Å². The third-order valence-corrected chi connectivity index (χ3v) is 1.93. The number of hydrogen-bond acceptors (Lipinski definition) is 2. The summed E-state index contributed by atoms with van der Waals surface area (Å²) in [6.45, 7) is 7.70. The number of rotatable bonds is 2. The predicted octanol–water partition coefficient (Wildman–Crippen LogP) is 1.41. The molecule has 0 atom stereocenters. The summed E-state index contributed by atoms with van der Waals surface area (Å²) in [5, 5.41) is 2.83. The first-order chi connectivity index (χ1) is 6.50. The van der Waals surface area contributed by atoms with E-state index in [9.17, 15) is 4.79 Å². The molecule has 3 nitrogen and oxygen atoms in total. The van der Waals surface area contributed by atoms with Crippen LogP contribution in [0.4, 0.5) is 0 Å². The Labute approximate surface area is 84.8 Å². The van der Waals surface area contributed by atoms with Crippen LogP contribution in [0.2, 0.25) is 0 Å². The van der Waals surface area contributed by atoms with Gasteiger partial charge in [0.2, 0.25) is 0 Å². The van der Waals surface area contributed by atoms with E-state index in [0.717, 1.165) is 5.70 Å². The van der Waals surface area contributed by atoms with Gasteiger partial charge in [0.1, 0.15) is 0 Å². The molecule has 14 heavy (non-hydrogen) atoms. The first-order valence-electron chi connectivity index (χ1n) is 4.63. The molecule has 1 heterocycles. The highest BCUT2D eigenvalue weighted by Crippen LogP contribution is 2.13. The molecule has 0 spiro atoms. The van der Waals surface area contributed by atoms with Crippen molar-refractivity contribution in [3.8, 4) is 0 Å². The van der Waals surface area contributed by atoms with Crippen molar-refractivity contribution in [2.24, 2.45) is 0 Å². The maximum Gasteiger partial charge on any atom is 0.251 e. The standard InChI is InChI=1S/C11H16N2O/c1-8(2)12-11(14)10-5-6-13(4)9(3)7-10/h5-8H,3H2,1-2,4H3,(H,12,14). The van der Waals surface area contributed by atoms with Crippen molar-refractivity contribution < 1.29 is 4.79 Å². The van der Waals surface area contributed by atoms with Gasteiger partial charge in [-0.2, -0.15) is 0 Å². The van der Waals surface area contributed by atoms with Crippen LogP contribution in [-0.2, 0) is 4.79 Å². The molecule has 0 aromatic heterocycles. The van der Waals surface area contributed by atoms with Gasteiger partial charge in [-0.25, -0.2) is 0 Å². The first-order valence-corrected chi connectivity index (χ1v) is 4.63. The summed E-state index contributed by atoms with van der Waals surface area (Å²) in [5.41, 5.74) is 1.48. The molecule has 1 rings (SSSR count). The van der Waals surface area contributed by atoms with E-state index in [1.165, 1.54) is 0 Å². The van der Waals surface area contributed by atoms with Crippen molar-refractivity contribution in [3.05, 3.63) is 36.2 Å². The molecule has 0 unspecified atom stereocenters. The second-order valence-electron chi connectivity index (χ2n) is 3.65. The molecular formula is C11H16N2O. The summed E-state index contributed by atoms with van der Waals surface area (Å²) in [6.07, 6.45) is 5.39. The number of nitrogens with zero attached hydrogens (tertiary/aromatic N) is 1. The molecule has 0 radical (unpaired) electrons. The van der Waals surface area contributed by atoms with Gasteiger partial charge in [-0.1, -0.05) is 6.58 Å². The molecule has 0 fully saturated rings. The average Bonchev–Trinajstić information content (AvgIpc) is 2.08. The highest BCUT2D eigenvalue weighted by molar-refractivity contribution is 5.97. The van der Waals surface area contributed by atoms with Crippen LogP contribution in [0.1, 0.15) is 13.8 Å². The summed E-state index contributed by atoms with van der Waals surface area (Å²) < 4.78 is 0. The molecule has 0 bridgehead atoms. The van der Waals surface area contributed by atoms with Crippen LogP contribution < -0.4 is 5.32 Å². The van der Waals surface area contributed by atoms with Crippen LogP contribution in [0.15, 0.2) is 36.2 Å². The maximum atomic E-state index is 11.6. The number of carbonyl (C=O) groups is 1. The third kappa shape index (κ3) is 2.49. The Hall–Kier alpha value is -1.51. The van der Waals surface area contributed by atoms with E-state index < -0.39 is 0 Å². The fourth-order valence-electron chi connectivity index (χ4n) is 1.10.